The fourth-order valence-corrected chi connectivity index (χ4v) is 1.11. The highest BCUT2D eigenvalue weighted by Crippen LogP contribution is 1.93. The van der Waals surface area contributed by atoms with Crippen LogP contribution in [0.3, 0.4) is 0 Å². The molecule has 0 saturated carbocycles. The van der Waals surface area contributed by atoms with Gasteiger partial charge in [-0.2, -0.15) is 5.10 Å². The first-order valence-corrected chi connectivity index (χ1v) is 4.43. The topological polar surface area (TPSA) is 53.4 Å². The van der Waals surface area contributed by atoms with Crippen molar-refractivity contribution in [3.8, 4) is 0 Å². The van der Waals surface area contributed by atoms with E-state index in [1.54, 1.807) is 24.9 Å². The van der Waals surface area contributed by atoms with Crippen molar-refractivity contribution < 1.29 is 9.78 Å². The molecule has 1 heterocycles. The van der Waals surface area contributed by atoms with Crippen LogP contribution in [0.15, 0.2) is 11.0 Å². The van der Waals surface area contributed by atoms with Crippen molar-refractivity contribution >= 4 is 0 Å². The van der Waals surface area contributed by atoms with E-state index in [1.807, 2.05) is 6.92 Å². The summed E-state index contributed by atoms with van der Waals surface area (Å²) in [5.41, 5.74) is 0.918. The molecule has 0 fully saturated rings. The minimum absolute atomic E-state index is 0.0855. The van der Waals surface area contributed by atoms with Crippen molar-refractivity contribution in [2.45, 2.75) is 20.5 Å². The Balaban J connectivity index is 2.81. The average Bonchev–Trinajstić information content (AvgIpc) is 2.13. The van der Waals surface area contributed by atoms with E-state index in [0.717, 1.165) is 0 Å². The van der Waals surface area contributed by atoms with Crippen molar-refractivity contribution in [2.75, 3.05) is 6.61 Å². The first kappa shape index (κ1) is 10.9. The molecule has 0 N–H and O–H groups in total. The summed E-state index contributed by atoms with van der Waals surface area (Å²) < 4.78 is 1.58. The summed E-state index contributed by atoms with van der Waals surface area (Å²) in [6.45, 7) is 4.09. The minimum Gasteiger partial charge on any atom is -0.287 e. The first-order valence-electron chi connectivity index (χ1n) is 4.43. The van der Waals surface area contributed by atoms with Gasteiger partial charge in [0, 0.05) is 18.8 Å². The molecule has 1 aromatic heterocycles. The minimum atomic E-state index is -0.0946. The molecule has 1 rings (SSSR count). The highest BCUT2D eigenvalue weighted by Gasteiger charge is 2.05. The number of hydrogen-bond donors (Lipinski definition) is 0. The second kappa shape index (κ2) is 4.88. The summed E-state index contributed by atoms with van der Waals surface area (Å²) in [7, 11) is 1.76. The van der Waals surface area contributed by atoms with Crippen LogP contribution >= 0.6 is 0 Å². The molecular formula is C9H14N2O3. The average molecular weight is 198 g/mol. The molecule has 0 aromatic carbocycles. The third-order valence-corrected chi connectivity index (χ3v) is 1.68. The molecule has 1 aromatic rings. The molecule has 0 spiro atoms. The molecule has 5 nitrogen and oxygen atoms in total. The van der Waals surface area contributed by atoms with Crippen LogP contribution in [0.2, 0.25) is 0 Å². The lowest BCUT2D eigenvalue weighted by Gasteiger charge is -2.04. The van der Waals surface area contributed by atoms with Gasteiger partial charge in [-0.1, -0.05) is 0 Å². The zero-order valence-corrected chi connectivity index (χ0v) is 8.61. The van der Waals surface area contributed by atoms with E-state index >= 15 is 0 Å². The molecule has 0 aliphatic rings. The van der Waals surface area contributed by atoms with E-state index in [2.05, 4.69) is 9.99 Å². The van der Waals surface area contributed by atoms with Gasteiger partial charge in [0.25, 0.3) is 0 Å². The van der Waals surface area contributed by atoms with E-state index < -0.39 is 0 Å². The Bertz CT molecular complexity index is 360. The number of rotatable bonds is 4. The van der Waals surface area contributed by atoms with Crippen LogP contribution in [-0.2, 0) is 23.4 Å². The van der Waals surface area contributed by atoms with Crippen molar-refractivity contribution in [2.24, 2.45) is 7.05 Å². The molecule has 0 radical (unpaired) electrons. The van der Waals surface area contributed by atoms with Gasteiger partial charge in [-0.25, -0.2) is 9.78 Å². The Hall–Kier alpha value is -1.20. The molecule has 0 aliphatic heterocycles. The smallest absolute Gasteiger partial charge is 0.208 e. The summed E-state index contributed by atoms with van der Waals surface area (Å²) in [4.78, 5) is 21.0. The van der Waals surface area contributed by atoms with E-state index in [4.69, 9.17) is 4.89 Å². The van der Waals surface area contributed by atoms with Gasteiger partial charge < -0.3 is 0 Å². The summed E-state index contributed by atoms with van der Waals surface area (Å²) in [5.74, 6) is 0. The molecule has 0 atom stereocenters. The maximum Gasteiger partial charge on any atom is 0.208 e. The maximum absolute atomic E-state index is 11.5. The molecule has 0 amide bonds. The fourth-order valence-electron chi connectivity index (χ4n) is 1.11. The predicted octanol–water partition coefficient (Wildman–Crippen LogP) is 0.557. The van der Waals surface area contributed by atoms with Crippen LogP contribution < -0.4 is 5.43 Å². The molecule has 0 aliphatic carbocycles. The molecule has 0 bridgehead atoms. The van der Waals surface area contributed by atoms with Gasteiger partial charge in [0.05, 0.1) is 6.61 Å². The highest BCUT2D eigenvalue weighted by atomic mass is 17.2. The maximum atomic E-state index is 11.5. The van der Waals surface area contributed by atoms with Gasteiger partial charge in [0.2, 0.25) is 5.43 Å². The van der Waals surface area contributed by atoms with Crippen LogP contribution in [0.25, 0.3) is 0 Å². The SMILES string of the molecule is CCOOCc1nn(C)cc(C)c1=O. The summed E-state index contributed by atoms with van der Waals surface area (Å²) in [6.07, 6.45) is 1.67. The van der Waals surface area contributed by atoms with Crippen molar-refractivity contribution in [1.82, 2.24) is 9.78 Å². The van der Waals surface area contributed by atoms with Crippen molar-refractivity contribution in [1.29, 1.82) is 0 Å². The first-order chi connectivity index (χ1) is 6.65. The Labute approximate surface area is 82.2 Å². The van der Waals surface area contributed by atoms with Crippen molar-refractivity contribution in [3.05, 3.63) is 27.7 Å². The molecule has 0 saturated heterocycles. The van der Waals surface area contributed by atoms with Crippen LogP contribution in [0.4, 0.5) is 0 Å². The Morgan fingerprint density at radius 2 is 2.21 bits per heavy atom. The van der Waals surface area contributed by atoms with E-state index in [0.29, 0.717) is 17.9 Å². The van der Waals surface area contributed by atoms with Gasteiger partial charge in [-0.05, 0) is 13.8 Å². The monoisotopic (exact) mass is 198 g/mol. The fraction of sp³-hybridized carbons (Fsp3) is 0.556. The predicted molar refractivity (Wildman–Crippen MR) is 50.6 cm³/mol. The number of aromatic nitrogens is 2. The summed E-state index contributed by atoms with van der Waals surface area (Å²) >= 11 is 0. The Morgan fingerprint density at radius 1 is 1.50 bits per heavy atom. The number of aryl methyl sites for hydroxylation is 2. The van der Waals surface area contributed by atoms with Crippen LogP contribution in [0, 0.1) is 6.92 Å². The molecule has 0 unspecified atom stereocenters. The lowest BCUT2D eigenvalue weighted by molar-refractivity contribution is -0.301. The lowest BCUT2D eigenvalue weighted by Crippen LogP contribution is -2.19. The summed E-state index contributed by atoms with van der Waals surface area (Å²) in [6, 6.07) is 0. The van der Waals surface area contributed by atoms with E-state index in [-0.39, 0.29) is 12.0 Å². The Kier molecular flexibility index (Phi) is 3.79. The molecular weight excluding hydrogens is 184 g/mol. The third kappa shape index (κ3) is 2.65. The van der Waals surface area contributed by atoms with Gasteiger partial charge in [-0.3, -0.25) is 9.48 Å². The third-order valence-electron chi connectivity index (χ3n) is 1.68. The zero-order chi connectivity index (χ0) is 10.6. The van der Waals surface area contributed by atoms with Gasteiger partial charge in [-0.15, -0.1) is 0 Å². The summed E-state index contributed by atoms with van der Waals surface area (Å²) in [5, 5.41) is 4.00. The molecule has 5 heteroatoms. The lowest BCUT2D eigenvalue weighted by atomic mass is 10.3. The van der Waals surface area contributed by atoms with Crippen LogP contribution in [-0.4, -0.2) is 16.4 Å². The van der Waals surface area contributed by atoms with Crippen molar-refractivity contribution in [3.63, 3.8) is 0 Å². The molecule has 14 heavy (non-hydrogen) atoms. The number of nitrogens with zero attached hydrogens (tertiary/aromatic N) is 2. The van der Waals surface area contributed by atoms with Gasteiger partial charge >= 0.3 is 0 Å². The zero-order valence-electron chi connectivity index (χ0n) is 8.61. The van der Waals surface area contributed by atoms with E-state index in [9.17, 15) is 4.79 Å². The van der Waals surface area contributed by atoms with Gasteiger partial charge in [0.1, 0.15) is 12.3 Å². The normalized spacial score (nSPS) is 10.5. The van der Waals surface area contributed by atoms with Gasteiger partial charge in [0.15, 0.2) is 0 Å². The van der Waals surface area contributed by atoms with Crippen LogP contribution in [0.5, 0.6) is 0 Å². The quantitative estimate of drug-likeness (QED) is 0.403. The number of hydrogen-bond acceptors (Lipinski definition) is 4. The Morgan fingerprint density at radius 3 is 2.86 bits per heavy atom. The van der Waals surface area contributed by atoms with Crippen LogP contribution in [0.1, 0.15) is 18.2 Å². The second-order valence-corrected chi connectivity index (χ2v) is 2.93. The largest absolute Gasteiger partial charge is 0.287 e. The van der Waals surface area contributed by atoms with E-state index in [1.165, 1.54) is 0 Å². The second-order valence-electron chi connectivity index (χ2n) is 2.93. The standard InChI is InChI=1S/C9H14N2O3/c1-4-13-14-6-8-9(12)7(2)5-11(3)10-8/h5H,4,6H2,1-3H3. The molecule has 78 valence electrons. The highest BCUT2D eigenvalue weighted by molar-refractivity contribution is 5.11.